The van der Waals surface area contributed by atoms with Gasteiger partial charge in [-0.2, -0.15) is 5.10 Å². The molecule has 3 rings (SSSR count). The Kier molecular flexibility index (Phi) is 5.35. The molecule has 0 amide bonds. The number of pyridine rings is 1. The van der Waals surface area contributed by atoms with Gasteiger partial charge in [0.15, 0.2) is 0 Å². The zero-order valence-corrected chi connectivity index (χ0v) is 15.9. The van der Waals surface area contributed by atoms with Gasteiger partial charge in [0.2, 0.25) is 0 Å². The molecule has 0 aliphatic carbocycles. The zero-order valence-electron chi connectivity index (χ0n) is 15.9. The zero-order chi connectivity index (χ0) is 18.7. The van der Waals surface area contributed by atoms with Gasteiger partial charge in [-0.1, -0.05) is 6.92 Å². The highest BCUT2D eigenvalue weighted by Crippen LogP contribution is 2.32. The Morgan fingerprint density at radius 3 is 2.69 bits per heavy atom. The fourth-order valence-corrected chi connectivity index (χ4v) is 3.37. The number of carbonyl (C=O) groups excluding carboxylic acids is 1. The van der Waals surface area contributed by atoms with E-state index in [4.69, 9.17) is 9.84 Å². The molecule has 0 aliphatic heterocycles. The Labute approximate surface area is 154 Å². The topological polar surface area (TPSA) is 56.5 Å². The molecule has 26 heavy (non-hydrogen) atoms. The number of aromatic nitrogens is 3. The molecule has 0 unspecified atom stereocenters. The van der Waals surface area contributed by atoms with Crippen LogP contribution in [0.5, 0.6) is 0 Å². The number of rotatable bonds is 6. The predicted octanol–water partition coefficient (Wildman–Crippen LogP) is 4.07. The van der Waals surface area contributed by atoms with Crippen molar-refractivity contribution in [1.82, 2.24) is 14.6 Å². The molecular weight excluding hydrogens is 326 g/mol. The monoisotopic (exact) mass is 351 g/mol. The normalized spacial score (nSPS) is 11.1. The van der Waals surface area contributed by atoms with Gasteiger partial charge in [0, 0.05) is 35.6 Å². The summed E-state index contributed by atoms with van der Waals surface area (Å²) >= 11 is 0. The van der Waals surface area contributed by atoms with Gasteiger partial charge >= 0.3 is 5.97 Å². The number of hydrogen-bond donors (Lipinski definition) is 0. The maximum Gasteiger partial charge on any atom is 0.306 e. The highest BCUT2D eigenvalue weighted by Gasteiger charge is 2.18. The quantitative estimate of drug-likeness (QED) is 0.628. The van der Waals surface area contributed by atoms with Crippen LogP contribution in [0.4, 0.5) is 0 Å². The predicted molar refractivity (Wildman–Crippen MR) is 102 cm³/mol. The molecular formula is C21H25N3O2. The van der Waals surface area contributed by atoms with Crippen molar-refractivity contribution in [3.05, 3.63) is 53.1 Å². The van der Waals surface area contributed by atoms with Crippen LogP contribution in [0.1, 0.15) is 42.8 Å². The Morgan fingerprint density at radius 2 is 2.00 bits per heavy atom. The number of carbonyl (C=O) groups is 1. The largest absolute Gasteiger partial charge is 0.466 e. The third-order valence-electron chi connectivity index (χ3n) is 4.59. The van der Waals surface area contributed by atoms with Crippen molar-refractivity contribution in [2.45, 2.75) is 47.0 Å². The fourth-order valence-electron chi connectivity index (χ4n) is 3.37. The highest BCUT2D eigenvalue weighted by molar-refractivity contribution is 5.84. The number of fused-ring (bicyclic) bond motifs is 1. The van der Waals surface area contributed by atoms with E-state index in [9.17, 15) is 4.79 Å². The van der Waals surface area contributed by atoms with Gasteiger partial charge in [0.05, 0.1) is 17.8 Å². The molecule has 0 radical (unpaired) electrons. The van der Waals surface area contributed by atoms with E-state index >= 15 is 0 Å². The summed E-state index contributed by atoms with van der Waals surface area (Å²) in [5.74, 6) is -0.176. The number of esters is 1. The van der Waals surface area contributed by atoms with Crippen LogP contribution >= 0.6 is 0 Å². The molecule has 0 N–H and O–H groups in total. The second-order valence-electron chi connectivity index (χ2n) is 6.47. The first-order valence-electron chi connectivity index (χ1n) is 9.12. The lowest BCUT2D eigenvalue weighted by molar-refractivity contribution is -0.143. The summed E-state index contributed by atoms with van der Waals surface area (Å²) in [5.41, 5.74) is 7.51. The molecule has 0 saturated carbocycles. The Balaban J connectivity index is 2.17. The van der Waals surface area contributed by atoms with Crippen LogP contribution < -0.4 is 0 Å². The van der Waals surface area contributed by atoms with E-state index in [0.29, 0.717) is 19.4 Å². The summed E-state index contributed by atoms with van der Waals surface area (Å²) < 4.78 is 7.12. The van der Waals surface area contributed by atoms with Crippen LogP contribution in [0.3, 0.4) is 0 Å². The van der Waals surface area contributed by atoms with E-state index in [1.165, 1.54) is 5.69 Å². The van der Waals surface area contributed by atoms with Crippen LogP contribution in [0.15, 0.2) is 30.6 Å². The first-order chi connectivity index (χ1) is 12.5. The van der Waals surface area contributed by atoms with Gasteiger partial charge in [0.1, 0.15) is 0 Å². The molecule has 5 nitrogen and oxygen atoms in total. The van der Waals surface area contributed by atoms with Gasteiger partial charge in [-0.3, -0.25) is 9.78 Å². The van der Waals surface area contributed by atoms with Crippen LogP contribution in [0.2, 0.25) is 0 Å². The molecule has 3 aromatic rings. The molecule has 0 saturated heterocycles. The minimum absolute atomic E-state index is 0.176. The molecule has 0 fully saturated rings. The smallest absolute Gasteiger partial charge is 0.306 e. The number of nitrogens with zero attached hydrogens (tertiary/aromatic N) is 3. The molecule has 3 aromatic heterocycles. The summed E-state index contributed by atoms with van der Waals surface area (Å²) in [4.78, 5) is 16.3. The molecule has 0 bridgehead atoms. The van der Waals surface area contributed by atoms with Crippen molar-refractivity contribution < 1.29 is 9.53 Å². The lowest BCUT2D eigenvalue weighted by Gasteiger charge is -2.15. The Morgan fingerprint density at radius 1 is 1.19 bits per heavy atom. The van der Waals surface area contributed by atoms with Crippen LogP contribution in [0, 0.1) is 13.8 Å². The summed E-state index contributed by atoms with van der Waals surface area (Å²) in [6, 6.07) is 6.36. The summed E-state index contributed by atoms with van der Waals surface area (Å²) in [5, 5.41) is 4.78. The molecule has 5 heteroatoms. The lowest BCUT2D eigenvalue weighted by Crippen LogP contribution is -2.10. The Hall–Kier alpha value is -2.69. The fraction of sp³-hybridized carbons (Fsp3) is 0.381. The standard InChI is InChI=1S/C21H25N3O2/c1-5-17-7-9-19-21(16-11-14(3)12-22-13-16)18(15(4)23-24(17)19)8-10-20(25)26-6-2/h7,9,11-13H,5-6,8,10H2,1-4H3. The maximum absolute atomic E-state index is 11.9. The van der Waals surface area contributed by atoms with Crippen molar-refractivity contribution in [3.63, 3.8) is 0 Å². The van der Waals surface area contributed by atoms with E-state index in [1.54, 1.807) is 0 Å². The van der Waals surface area contributed by atoms with Crippen molar-refractivity contribution in [2.75, 3.05) is 6.61 Å². The molecule has 0 atom stereocenters. The minimum atomic E-state index is -0.176. The minimum Gasteiger partial charge on any atom is -0.466 e. The van der Waals surface area contributed by atoms with Gasteiger partial charge in [-0.05, 0) is 62.9 Å². The Bertz CT molecular complexity index is 944. The van der Waals surface area contributed by atoms with E-state index < -0.39 is 0 Å². The second kappa shape index (κ2) is 7.68. The van der Waals surface area contributed by atoms with Crippen molar-refractivity contribution in [2.24, 2.45) is 0 Å². The van der Waals surface area contributed by atoms with Gasteiger partial charge in [-0.15, -0.1) is 0 Å². The first-order valence-corrected chi connectivity index (χ1v) is 9.12. The summed E-state index contributed by atoms with van der Waals surface area (Å²) in [6.45, 7) is 8.40. The van der Waals surface area contributed by atoms with Crippen molar-refractivity contribution in [3.8, 4) is 11.1 Å². The third kappa shape index (κ3) is 3.47. The lowest BCUT2D eigenvalue weighted by atomic mass is 9.96. The van der Waals surface area contributed by atoms with E-state index in [-0.39, 0.29) is 5.97 Å². The molecule has 0 aromatic carbocycles. The van der Waals surface area contributed by atoms with E-state index in [1.807, 2.05) is 37.7 Å². The molecule has 136 valence electrons. The number of aryl methyl sites for hydroxylation is 3. The van der Waals surface area contributed by atoms with Crippen molar-refractivity contribution in [1.29, 1.82) is 0 Å². The second-order valence-corrected chi connectivity index (χ2v) is 6.47. The van der Waals surface area contributed by atoms with Crippen LogP contribution in [-0.2, 0) is 22.4 Å². The van der Waals surface area contributed by atoms with Gasteiger partial charge in [-0.25, -0.2) is 4.52 Å². The summed E-state index contributed by atoms with van der Waals surface area (Å²) in [6.07, 6.45) is 5.59. The maximum atomic E-state index is 11.9. The number of hydrogen-bond acceptors (Lipinski definition) is 4. The first kappa shape index (κ1) is 18.1. The van der Waals surface area contributed by atoms with Crippen molar-refractivity contribution >= 4 is 11.5 Å². The average Bonchev–Trinajstić information content (AvgIpc) is 3.02. The molecule has 0 spiro atoms. The molecule has 0 aliphatic rings. The van der Waals surface area contributed by atoms with Gasteiger partial charge < -0.3 is 4.74 Å². The summed E-state index contributed by atoms with van der Waals surface area (Å²) in [7, 11) is 0. The van der Waals surface area contributed by atoms with E-state index in [0.717, 1.165) is 39.9 Å². The SMILES string of the molecule is CCOC(=O)CCc1c(C)nn2c(CC)ccc2c1-c1cncc(C)c1. The highest BCUT2D eigenvalue weighted by atomic mass is 16.5. The van der Waals surface area contributed by atoms with Crippen LogP contribution in [-0.4, -0.2) is 27.2 Å². The third-order valence-corrected chi connectivity index (χ3v) is 4.59. The van der Waals surface area contributed by atoms with Crippen LogP contribution in [0.25, 0.3) is 16.6 Å². The van der Waals surface area contributed by atoms with Gasteiger partial charge in [0.25, 0.3) is 0 Å². The average molecular weight is 351 g/mol. The number of ether oxygens (including phenoxy) is 1. The van der Waals surface area contributed by atoms with E-state index in [2.05, 4.69) is 30.1 Å². The molecule has 3 heterocycles.